The molecule has 1 fully saturated rings. The normalized spacial score (nSPS) is 18.6. The Morgan fingerprint density at radius 2 is 1.94 bits per heavy atom. The summed E-state index contributed by atoms with van der Waals surface area (Å²) in [4.78, 5) is 27.3. The number of nitrogens with zero attached hydrogens (tertiary/aromatic N) is 2. The van der Waals surface area contributed by atoms with Crippen molar-refractivity contribution in [2.75, 3.05) is 29.9 Å². The number of halogens is 1. The van der Waals surface area contributed by atoms with Crippen LogP contribution in [0.4, 0.5) is 11.4 Å². The molecule has 2 aliphatic heterocycles. The molecule has 0 radical (unpaired) electrons. The van der Waals surface area contributed by atoms with Gasteiger partial charge in [-0.1, -0.05) is 41.9 Å². The maximum Gasteiger partial charge on any atom is 0.245 e. The Balaban J connectivity index is 1.59. The van der Waals surface area contributed by atoms with E-state index in [0.717, 1.165) is 23.2 Å². The van der Waals surface area contributed by atoms with Crippen molar-refractivity contribution in [3.8, 4) is 0 Å². The van der Waals surface area contributed by atoms with Gasteiger partial charge in [0.05, 0.1) is 11.6 Å². The summed E-state index contributed by atoms with van der Waals surface area (Å²) in [6, 6.07) is 11.2. The molecular weight excluding hydrogens is 518 g/mol. The Morgan fingerprint density at radius 1 is 1.15 bits per heavy atom. The molecule has 1 N–H and O–H groups in total. The lowest BCUT2D eigenvalue weighted by Gasteiger charge is -2.32. The Morgan fingerprint density at radius 3 is 2.68 bits per heavy atom. The molecule has 1 atom stereocenters. The highest BCUT2D eigenvalue weighted by atomic mass is 79.9. The minimum absolute atomic E-state index is 0.0947. The lowest BCUT2D eigenvalue weighted by atomic mass is 9.98. The second kappa shape index (κ2) is 10.2. The molecular formula is C25H30BrN3O4S. The fourth-order valence-electron chi connectivity index (χ4n) is 4.73. The van der Waals surface area contributed by atoms with Gasteiger partial charge >= 0.3 is 0 Å². The summed E-state index contributed by atoms with van der Waals surface area (Å²) < 4.78 is 29.7. The van der Waals surface area contributed by atoms with Gasteiger partial charge in [-0.25, -0.2) is 8.42 Å². The lowest BCUT2D eigenvalue weighted by molar-refractivity contribution is -0.121. The number of sulfonamides is 1. The Hall–Kier alpha value is -2.23. The lowest BCUT2D eigenvalue weighted by Crippen LogP contribution is -2.44. The molecule has 2 aromatic carbocycles. The number of hydrogen-bond acceptors (Lipinski definition) is 4. The van der Waals surface area contributed by atoms with Crippen LogP contribution in [0.25, 0.3) is 0 Å². The van der Waals surface area contributed by atoms with Gasteiger partial charge in [0.1, 0.15) is 4.90 Å². The van der Waals surface area contributed by atoms with Crippen molar-refractivity contribution in [3.05, 3.63) is 52.0 Å². The van der Waals surface area contributed by atoms with E-state index >= 15 is 0 Å². The van der Waals surface area contributed by atoms with E-state index in [1.165, 1.54) is 4.31 Å². The molecule has 4 rings (SSSR count). The van der Waals surface area contributed by atoms with Crippen molar-refractivity contribution >= 4 is 49.1 Å². The van der Waals surface area contributed by atoms with Crippen LogP contribution in [0.5, 0.6) is 0 Å². The molecule has 7 nitrogen and oxygen atoms in total. The zero-order chi connectivity index (χ0) is 24.5. The van der Waals surface area contributed by atoms with Crippen LogP contribution in [-0.2, 0) is 32.5 Å². The van der Waals surface area contributed by atoms with Crippen LogP contribution in [0, 0.1) is 5.92 Å². The smallest absolute Gasteiger partial charge is 0.245 e. The summed E-state index contributed by atoms with van der Waals surface area (Å²) in [6.45, 7) is 4.77. The van der Waals surface area contributed by atoms with Gasteiger partial charge in [-0.2, -0.15) is 4.31 Å². The molecule has 0 aliphatic carbocycles. The number of benzene rings is 2. The minimum atomic E-state index is -3.90. The molecule has 0 unspecified atom stereocenters. The second-order valence-electron chi connectivity index (χ2n) is 8.81. The quantitative estimate of drug-likeness (QED) is 0.582. The fraction of sp³-hybridized carbons (Fsp3) is 0.440. The summed E-state index contributed by atoms with van der Waals surface area (Å²) in [6.07, 6.45) is 3.02. The molecule has 0 aromatic heterocycles. The number of anilines is 2. The largest absolute Gasteiger partial charge is 0.326 e. The summed E-state index contributed by atoms with van der Waals surface area (Å²) in [5.41, 5.74) is 3.18. The van der Waals surface area contributed by atoms with E-state index in [2.05, 4.69) is 28.2 Å². The van der Waals surface area contributed by atoms with Gasteiger partial charge in [0.25, 0.3) is 0 Å². The maximum absolute atomic E-state index is 13.8. The van der Waals surface area contributed by atoms with E-state index in [1.807, 2.05) is 30.3 Å². The van der Waals surface area contributed by atoms with Crippen molar-refractivity contribution in [2.45, 2.75) is 50.8 Å². The summed E-state index contributed by atoms with van der Waals surface area (Å²) in [5.74, 6) is -0.708. The summed E-state index contributed by atoms with van der Waals surface area (Å²) >= 11 is 3.44. The van der Waals surface area contributed by atoms with Crippen molar-refractivity contribution in [1.29, 1.82) is 0 Å². The molecule has 0 bridgehead atoms. The monoisotopic (exact) mass is 547 g/mol. The first-order valence-corrected chi connectivity index (χ1v) is 14.0. The molecule has 9 heteroatoms. The van der Waals surface area contributed by atoms with Crippen molar-refractivity contribution in [1.82, 2.24) is 4.31 Å². The van der Waals surface area contributed by atoms with Crippen LogP contribution in [0.3, 0.4) is 0 Å². The number of carbonyl (C=O) groups excluding carboxylic acids is 2. The first-order valence-electron chi connectivity index (χ1n) is 11.8. The zero-order valence-electron chi connectivity index (χ0n) is 19.5. The molecule has 182 valence electrons. The number of hydrogen-bond donors (Lipinski definition) is 1. The van der Waals surface area contributed by atoms with Gasteiger partial charge in [0.15, 0.2) is 0 Å². The van der Waals surface area contributed by atoms with Gasteiger partial charge in [-0.05, 0) is 61.1 Å². The van der Waals surface area contributed by atoms with Gasteiger partial charge in [0.2, 0.25) is 21.8 Å². The third-order valence-electron chi connectivity index (χ3n) is 6.57. The summed E-state index contributed by atoms with van der Waals surface area (Å²) in [5, 5.41) is 2.96. The van der Waals surface area contributed by atoms with Gasteiger partial charge in [-0.3, -0.25) is 9.59 Å². The van der Waals surface area contributed by atoms with Crippen LogP contribution in [0.15, 0.2) is 45.8 Å². The van der Waals surface area contributed by atoms with Gasteiger partial charge in [-0.15, -0.1) is 0 Å². The molecule has 2 aromatic rings. The van der Waals surface area contributed by atoms with E-state index in [4.69, 9.17) is 0 Å². The van der Waals surface area contributed by atoms with Crippen LogP contribution < -0.4 is 10.2 Å². The van der Waals surface area contributed by atoms with E-state index in [9.17, 15) is 18.0 Å². The molecule has 1 saturated heterocycles. The number of fused-ring (bicyclic) bond motifs is 1. The molecule has 2 heterocycles. The zero-order valence-corrected chi connectivity index (χ0v) is 21.9. The first-order chi connectivity index (χ1) is 16.2. The third kappa shape index (κ3) is 4.92. The van der Waals surface area contributed by atoms with E-state index < -0.39 is 15.9 Å². The third-order valence-corrected chi connectivity index (χ3v) is 8.91. The Labute approximate surface area is 209 Å². The molecule has 0 spiro atoms. The van der Waals surface area contributed by atoms with E-state index in [1.54, 1.807) is 17.9 Å². The molecule has 34 heavy (non-hydrogen) atoms. The van der Waals surface area contributed by atoms with Crippen LogP contribution in [0.1, 0.15) is 44.2 Å². The van der Waals surface area contributed by atoms with Crippen LogP contribution >= 0.6 is 15.9 Å². The van der Waals surface area contributed by atoms with E-state index in [0.29, 0.717) is 48.9 Å². The van der Waals surface area contributed by atoms with Crippen molar-refractivity contribution in [2.24, 2.45) is 5.92 Å². The molecule has 2 amide bonds. The van der Waals surface area contributed by atoms with Crippen molar-refractivity contribution in [3.63, 3.8) is 0 Å². The van der Waals surface area contributed by atoms with Crippen molar-refractivity contribution < 1.29 is 18.0 Å². The first kappa shape index (κ1) is 24.9. The summed E-state index contributed by atoms with van der Waals surface area (Å²) in [7, 11) is -3.90. The second-order valence-corrected chi connectivity index (χ2v) is 11.6. The Kier molecular flexibility index (Phi) is 7.45. The van der Waals surface area contributed by atoms with E-state index in [-0.39, 0.29) is 23.3 Å². The maximum atomic E-state index is 13.8. The Bertz CT molecular complexity index is 1210. The SMILES string of the molecule is CCC(=O)N1CCc2cc(Br)cc(S(=O)(=O)N3CCC[C@H](C(=O)Nc4cccc(CC)c4)C3)c21. The van der Waals surface area contributed by atoms with Gasteiger partial charge < -0.3 is 10.2 Å². The predicted molar refractivity (Wildman–Crippen MR) is 136 cm³/mol. The number of aryl methyl sites for hydroxylation is 1. The highest BCUT2D eigenvalue weighted by molar-refractivity contribution is 9.10. The minimum Gasteiger partial charge on any atom is -0.326 e. The van der Waals surface area contributed by atoms with Crippen LogP contribution in [-0.4, -0.2) is 44.2 Å². The topological polar surface area (TPSA) is 86.8 Å². The highest BCUT2D eigenvalue weighted by Gasteiger charge is 2.38. The highest BCUT2D eigenvalue weighted by Crippen LogP contribution is 2.40. The number of nitrogens with one attached hydrogen (secondary N) is 1. The number of carbonyl (C=O) groups is 2. The predicted octanol–water partition coefficient (Wildman–Crippen LogP) is 4.35. The molecule has 2 aliphatic rings. The number of amides is 2. The number of rotatable bonds is 6. The number of piperidine rings is 1. The standard InChI is InChI=1S/C25H30BrN3O4S/c1-3-17-7-5-9-21(13-17)27-25(31)19-8-6-11-28(16-19)34(32,33)22-15-20(26)14-18-10-12-29(24(18)22)23(30)4-2/h5,7,9,13-15,19H,3-4,6,8,10-12,16H2,1-2H3,(H,27,31)/t19-/m0/s1. The fourth-order valence-corrected chi connectivity index (χ4v) is 7.18. The van der Waals surface area contributed by atoms with Gasteiger partial charge in [0, 0.05) is 36.2 Å². The average molecular weight is 549 g/mol. The van der Waals surface area contributed by atoms with Crippen LogP contribution in [0.2, 0.25) is 0 Å². The molecule has 0 saturated carbocycles. The average Bonchev–Trinajstić information content (AvgIpc) is 3.26.